The predicted octanol–water partition coefficient (Wildman–Crippen LogP) is 5.27. The van der Waals surface area contributed by atoms with Crippen molar-refractivity contribution in [1.29, 1.82) is 0 Å². The van der Waals surface area contributed by atoms with Crippen molar-refractivity contribution in [2.45, 2.75) is 0 Å². The van der Waals surface area contributed by atoms with Crippen LogP contribution in [0.5, 0.6) is 0 Å². The van der Waals surface area contributed by atoms with Crippen LogP contribution in [0.2, 0.25) is 10.0 Å². The number of hydrogen-bond acceptors (Lipinski definition) is 2. The molecule has 17 heavy (non-hydrogen) atoms. The Kier molecular flexibility index (Phi) is 2.79. The molecule has 0 fully saturated rings. The number of benzene rings is 2. The second-order valence-corrected chi connectivity index (χ2v) is 5.54. The molecule has 3 rings (SSSR count). The van der Waals surface area contributed by atoms with Crippen molar-refractivity contribution in [3.05, 3.63) is 52.5 Å². The molecule has 0 aliphatic rings. The van der Waals surface area contributed by atoms with Crippen molar-refractivity contribution in [1.82, 2.24) is 4.98 Å². The number of halogens is 2. The summed E-state index contributed by atoms with van der Waals surface area (Å²) in [5.74, 6) is 0. The van der Waals surface area contributed by atoms with Crippen LogP contribution in [-0.2, 0) is 0 Å². The lowest BCUT2D eigenvalue weighted by atomic mass is 10.2. The summed E-state index contributed by atoms with van der Waals surface area (Å²) in [6, 6.07) is 13.5. The molecule has 0 saturated heterocycles. The summed E-state index contributed by atoms with van der Waals surface area (Å²) in [7, 11) is 0. The maximum atomic E-state index is 5.97. The molecule has 1 aromatic heterocycles. The van der Waals surface area contributed by atoms with Crippen LogP contribution in [-0.4, -0.2) is 4.98 Å². The average Bonchev–Trinajstić information content (AvgIpc) is 2.72. The third-order valence-corrected chi connectivity index (χ3v) is 3.98. The molecule has 4 heteroatoms. The molecule has 0 atom stereocenters. The van der Waals surface area contributed by atoms with Crippen molar-refractivity contribution >= 4 is 44.8 Å². The standard InChI is InChI=1S/C13H7Cl2NS/c14-9-3-1-2-8(6-9)13-16-11-7-10(15)4-5-12(11)17-13/h1-7H. The van der Waals surface area contributed by atoms with E-state index in [0.717, 1.165) is 25.8 Å². The van der Waals surface area contributed by atoms with E-state index in [0.29, 0.717) is 5.02 Å². The van der Waals surface area contributed by atoms with Gasteiger partial charge in [0.1, 0.15) is 5.01 Å². The Morgan fingerprint density at radius 2 is 1.76 bits per heavy atom. The minimum absolute atomic E-state index is 0.709. The van der Waals surface area contributed by atoms with E-state index in [2.05, 4.69) is 4.98 Å². The van der Waals surface area contributed by atoms with Crippen molar-refractivity contribution in [2.75, 3.05) is 0 Å². The van der Waals surface area contributed by atoms with E-state index < -0.39 is 0 Å². The van der Waals surface area contributed by atoms with Gasteiger partial charge in [0, 0.05) is 15.6 Å². The fraction of sp³-hybridized carbons (Fsp3) is 0. The molecule has 0 amide bonds. The zero-order chi connectivity index (χ0) is 11.8. The highest BCUT2D eigenvalue weighted by molar-refractivity contribution is 7.21. The number of nitrogens with zero attached hydrogens (tertiary/aromatic N) is 1. The van der Waals surface area contributed by atoms with Gasteiger partial charge >= 0.3 is 0 Å². The average molecular weight is 280 g/mol. The van der Waals surface area contributed by atoms with E-state index in [1.54, 1.807) is 11.3 Å². The lowest BCUT2D eigenvalue weighted by Crippen LogP contribution is -1.75. The van der Waals surface area contributed by atoms with Crippen LogP contribution in [0.15, 0.2) is 42.5 Å². The zero-order valence-corrected chi connectivity index (χ0v) is 11.0. The summed E-state index contributed by atoms with van der Waals surface area (Å²) >= 11 is 13.6. The van der Waals surface area contributed by atoms with Crippen molar-refractivity contribution in [3.8, 4) is 10.6 Å². The third-order valence-electron chi connectivity index (χ3n) is 2.42. The van der Waals surface area contributed by atoms with Gasteiger partial charge in [-0.3, -0.25) is 0 Å². The number of fused-ring (bicyclic) bond motifs is 1. The molecule has 2 aromatic carbocycles. The number of hydrogen-bond donors (Lipinski definition) is 0. The van der Waals surface area contributed by atoms with E-state index in [1.807, 2.05) is 42.5 Å². The second-order valence-electron chi connectivity index (χ2n) is 3.64. The van der Waals surface area contributed by atoms with Gasteiger partial charge in [0.15, 0.2) is 0 Å². The first-order valence-electron chi connectivity index (χ1n) is 5.04. The number of thiazole rings is 1. The summed E-state index contributed by atoms with van der Waals surface area (Å²) in [5.41, 5.74) is 1.97. The van der Waals surface area contributed by atoms with Crippen molar-refractivity contribution in [2.24, 2.45) is 0 Å². The molecule has 1 nitrogen and oxygen atoms in total. The quantitative estimate of drug-likeness (QED) is 0.591. The van der Waals surface area contributed by atoms with Gasteiger partial charge in [-0.2, -0.15) is 0 Å². The van der Waals surface area contributed by atoms with E-state index >= 15 is 0 Å². The Morgan fingerprint density at radius 3 is 2.59 bits per heavy atom. The van der Waals surface area contributed by atoms with Gasteiger partial charge < -0.3 is 0 Å². The molecule has 0 aliphatic heterocycles. The molecule has 84 valence electrons. The highest BCUT2D eigenvalue weighted by Crippen LogP contribution is 2.32. The van der Waals surface area contributed by atoms with Crippen LogP contribution in [0.1, 0.15) is 0 Å². The Morgan fingerprint density at radius 1 is 0.941 bits per heavy atom. The maximum absolute atomic E-state index is 5.97. The number of rotatable bonds is 1. The van der Waals surface area contributed by atoms with E-state index in [9.17, 15) is 0 Å². The maximum Gasteiger partial charge on any atom is 0.124 e. The molecule has 0 radical (unpaired) electrons. The van der Waals surface area contributed by atoms with E-state index in [4.69, 9.17) is 23.2 Å². The van der Waals surface area contributed by atoms with Gasteiger partial charge in [0.25, 0.3) is 0 Å². The SMILES string of the molecule is Clc1cccc(-c2nc3cc(Cl)ccc3s2)c1. The Hall–Kier alpha value is -1.09. The first-order chi connectivity index (χ1) is 8.22. The molecule has 0 aliphatic carbocycles. The predicted molar refractivity (Wildman–Crippen MR) is 75.1 cm³/mol. The lowest BCUT2D eigenvalue weighted by molar-refractivity contribution is 1.48. The summed E-state index contributed by atoms with van der Waals surface area (Å²) < 4.78 is 1.13. The van der Waals surface area contributed by atoms with Gasteiger partial charge in [-0.25, -0.2) is 4.98 Å². The number of aromatic nitrogens is 1. The van der Waals surface area contributed by atoms with E-state index in [1.165, 1.54) is 0 Å². The molecule has 1 heterocycles. The van der Waals surface area contributed by atoms with E-state index in [-0.39, 0.29) is 0 Å². The molecule has 0 spiro atoms. The van der Waals surface area contributed by atoms with Crippen LogP contribution in [0, 0.1) is 0 Å². The van der Waals surface area contributed by atoms with Crippen LogP contribution in [0.3, 0.4) is 0 Å². The van der Waals surface area contributed by atoms with Gasteiger partial charge in [-0.15, -0.1) is 11.3 Å². The molecule has 3 aromatic rings. The second kappa shape index (κ2) is 4.30. The van der Waals surface area contributed by atoms with Crippen molar-refractivity contribution < 1.29 is 0 Å². The van der Waals surface area contributed by atoms with Crippen LogP contribution in [0.25, 0.3) is 20.8 Å². The minimum Gasteiger partial charge on any atom is -0.236 e. The molecule has 0 N–H and O–H groups in total. The van der Waals surface area contributed by atoms with Crippen molar-refractivity contribution in [3.63, 3.8) is 0 Å². The monoisotopic (exact) mass is 279 g/mol. The Balaban J connectivity index is 2.18. The van der Waals surface area contributed by atoms with Crippen LogP contribution >= 0.6 is 34.5 Å². The fourth-order valence-corrected chi connectivity index (χ4v) is 2.94. The van der Waals surface area contributed by atoms with Crippen LogP contribution in [0.4, 0.5) is 0 Å². The van der Waals surface area contributed by atoms with Gasteiger partial charge in [0.05, 0.1) is 10.2 Å². The largest absolute Gasteiger partial charge is 0.236 e. The Labute approximate surface area is 113 Å². The molecule has 0 unspecified atom stereocenters. The highest BCUT2D eigenvalue weighted by Gasteiger charge is 2.06. The zero-order valence-electron chi connectivity index (χ0n) is 8.65. The molecular formula is C13H7Cl2NS. The topological polar surface area (TPSA) is 12.9 Å². The summed E-state index contributed by atoms with van der Waals surface area (Å²) in [5, 5.41) is 2.39. The summed E-state index contributed by atoms with van der Waals surface area (Å²) in [6.45, 7) is 0. The van der Waals surface area contributed by atoms with Gasteiger partial charge in [0.2, 0.25) is 0 Å². The summed E-state index contributed by atoms with van der Waals surface area (Å²) in [4.78, 5) is 4.56. The highest BCUT2D eigenvalue weighted by atomic mass is 35.5. The van der Waals surface area contributed by atoms with Gasteiger partial charge in [-0.05, 0) is 30.3 Å². The lowest BCUT2D eigenvalue weighted by Gasteiger charge is -1.95. The van der Waals surface area contributed by atoms with Gasteiger partial charge in [-0.1, -0.05) is 35.3 Å². The third kappa shape index (κ3) is 2.16. The smallest absolute Gasteiger partial charge is 0.124 e. The summed E-state index contributed by atoms with van der Waals surface area (Å²) in [6.07, 6.45) is 0. The minimum atomic E-state index is 0.709. The normalized spacial score (nSPS) is 10.9. The molecule has 0 bridgehead atoms. The molecular weight excluding hydrogens is 273 g/mol. The Bertz CT molecular complexity index is 691. The fourth-order valence-electron chi connectivity index (χ4n) is 1.65. The first kappa shape index (κ1) is 11.0. The first-order valence-corrected chi connectivity index (χ1v) is 6.62. The van der Waals surface area contributed by atoms with Crippen LogP contribution < -0.4 is 0 Å². The molecule has 0 saturated carbocycles.